The second kappa shape index (κ2) is 5.64. The first-order valence-corrected chi connectivity index (χ1v) is 7.51. The van der Waals surface area contributed by atoms with Crippen molar-refractivity contribution in [2.45, 2.75) is 38.8 Å². The highest BCUT2D eigenvalue weighted by atomic mass is 16.1. The van der Waals surface area contributed by atoms with E-state index < -0.39 is 0 Å². The predicted octanol–water partition coefficient (Wildman–Crippen LogP) is 2.90. The summed E-state index contributed by atoms with van der Waals surface area (Å²) in [4.78, 5) is 12.4. The SMILES string of the molecule is CCc1ccccc1CNC(=O)c1cc(N)cn1C1CC1. The smallest absolute Gasteiger partial charge is 0.268 e. The number of hydrogen-bond donors (Lipinski definition) is 2. The van der Waals surface area contributed by atoms with Gasteiger partial charge in [-0.3, -0.25) is 4.79 Å². The molecule has 0 radical (unpaired) electrons. The Morgan fingerprint density at radius 1 is 1.33 bits per heavy atom. The van der Waals surface area contributed by atoms with Crippen molar-refractivity contribution < 1.29 is 4.79 Å². The molecule has 0 bridgehead atoms. The Kier molecular flexibility index (Phi) is 3.69. The minimum absolute atomic E-state index is 0.0514. The van der Waals surface area contributed by atoms with Crippen molar-refractivity contribution in [1.29, 1.82) is 0 Å². The molecule has 1 aliphatic carbocycles. The number of amides is 1. The van der Waals surface area contributed by atoms with E-state index in [9.17, 15) is 4.79 Å². The third-order valence-corrected chi connectivity index (χ3v) is 3.98. The van der Waals surface area contributed by atoms with Gasteiger partial charge in [-0.2, -0.15) is 0 Å². The van der Waals surface area contributed by atoms with Gasteiger partial charge < -0.3 is 15.6 Å². The van der Waals surface area contributed by atoms with E-state index in [-0.39, 0.29) is 5.91 Å². The number of nitrogens with two attached hydrogens (primary N) is 1. The van der Waals surface area contributed by atoms with Crippen molar-refractivity contribution in [1.82, 2.24) is 9.88 Å². The normalized spacial score (nSPS) is 14.1. The third kappa shape index (κ3) is 2.94. The van der Waals surface area contributed by atoms with Crippen LogP contribution in [0.2, 0.25) is 0 Å². The van der Waals surface area contributed by atoms with Gasteiger partial charge in [0, 0.05) is 18.8 Å². The van der Waals surface area contributed by atoms with Gasteiger partial charge in [-0.15, -0.1) is 0 Å². The molecule has 1 fully saturated rings. The number of carbonyl (C=O) groups is 1. The summed E-state index contributed by atoms with van der Waals surface area (Å²) in [5, 5.41) is 3.01. The maximum atomic E-state index is 12.4. The number of aromatic nitrogens is 1. The molecular formula is C17H21N3O. The van der Waals surface area contributed by atoms with Crippen LogP contribution in [0.1, 0.15) is 47.4 Å². The summed E-state index contributed by atoms with van der Waals surface area (Å²) in [6, 6.07) is 10.4. The van der Waals surface area contributed by atoms with Crippen LogP contribution >= 0.6 is 0 Å². The van der Waals surface area contributed by atoms with Crippen LogP contribution in [-0.2, 0) is 13.0 Å². The fourth-order valence-electron chi connectivity index (χ4n) is 2.68. The molecule has 1 amide bonds. The Morgan fingerprint density at radius 3 is 2.71 bits per heavy atom. The van der Waals surface area contributed by atoms with Gasteiger partial charge in [-0.1, -0.05) is 31.2 Å². The minimum atomic E-state index is -0.0514. The number of benzene rings is 1. The zero-order valence-electron chi connectivity index (χ0n) is 12.3. The van der Waals surface area contributed by atoms with Crippen LogP contribution in [-0.4, -0.2) is 10.5 Å². The second-order valence-corrected chi connectivity index (χ2v) is 5.60. The van der Waals surface area contributed by atoms with Crippen molar-refractivity contribution in [2.75, 3.05) is 5.73 Å². The first-order valence-electron chi connectivity index (χ1n) is 7.51. The van der Waals surface area contributed by atoms with E-state index in [4.69, 9.17) is 5.73 Å². The lowest BCUT2D eigenvalue weighted by molar-refractivity contribution is 0.0941. The van der Waals surface area contributed by atoms with Crippen LogP contribution in [0, 0.1) is 0 Å². The highest BCUT2D eigenvalue weighted by molar-refractivity contribution is 5.93. The number of nitrogen functional groups attached to an aromatic ring is 1. The Labute approximate surface area is 125 Å². The molecule has 0 spiro atoms. The van der Waals surface area contributed by atoms with Crippen molar-refractivity contribution in [3.63, 3.8) is 0 Å². The van der Waals surface area contributed by atoms with E-state index in [1.54, 1.807) is 6.07 Å². The quantitative estimate of drug-likeness (QED) is 0.886. The monoisotopic (exact) mass is 283 g/mol. The summed E-state index contributed by atoms with van der Waals surface area (Å²) in [6.07, 6.45) is 5.10. The largest absolute Gasteiger partial charge is 0.397 e. The molecule has 0 atom stereocenters. The highest BCUT2D eigenvalue weighted by Gasteiger charge is 2.27. The van der Waals surface area contributed by atoms with E-state index in [2.05, 4.69) is 24.4 Å². The predicted molar refractivity (Wildman–Crippen MR) is 84.1 cm³/mol. The van der Waals surface area contributed by atoms with Crippen LogP contribution in [0.15, 0.2) is 36.5 Å². The van der Waals surface area contributed by atoms with Gasteiger partial charge in [0.2, 0.25) is 0 Å². The average Bonchev–Trinajstić information content (AvgIpc) is 3.27. The summed E-state index contributed by atoms with van der Waals surface area (Å²) in [5.41, 5.74) is 9.60. The molecular weight excluding hydrogens is 262 g/mol. The zero-order chi connectivity index (χ0) is 14.8. The number of nitrogens with zero attached hydrogens (tertiary/aromatic N) is 1. The molecule has 1 aliphatic rings. The zero-order valence-corrected chi connectivity index (χ0v) is 12.3. The fourth-order valence-corrected chi connectivity index (χ4v) is 2.68. The van der Waals surface area contributed by atoms with E-state index in [1.165, 1.54) is 11.1 Å². The Hall–Kier alpha value is -2.23. The number of carbonyl (C=O) groups excluding carboxylic acids is 1. The summed E-state index contributed by atoms with van der Waals surface area (Å²) < 4.78 is 2.01. The molecule has 3 rings (SSSR count). The number of aryl methyl sites for hydroxylation is 1. The Bertz CT molecular complexity index is 656. The highest BCUT2D eigenvalue weighted by Crippen LogP contribution is 2.37. The third-order valence-electron chi connectivity index (χ3n) is 3.98. The Morgan fingerprint density at radius 2 is 2.05 bits per heavy atom. The maximum Gasteiger partial charge on any atom is 0.268 e. The standard InChI is InChI=1S/C17H21N3O/c1-2-12-5-3-4-6-13(12)10-19-17(21)16-9-14(18)11-20(16)15-7-8-15/h3-6,9,11,15H,2,7-8,10,18H2,1H3,(H,19,21). The molecule has 4 nitrogen and oxygen atoms in total. The summed E-state index contributed by atoms with van der Waals surface area (Å²) >= 11 is 0. The first kappa shape index (κ1) is 13.7. The average molecular weight is 283 g/mol. The molecule has 110 valence electrons. The molecule has 4 heteroatoms. The first-order chi connectivity index (χ1) is 10.2. The van der Waals surface area contributed by atoms with Gasteiger partial charge in [0.15, 0.2) is 0 Å². The van der Waals surface area contributed by atoms with Crippen molar-refractivity contribution in [3.05, 3.63) is 53.3 Å². The number of rotatable bonds is 5. The van der Waals surface area contributed by atoms with E-state index in [0.29, 0.717) is 24.0 Å². The van der Waals surface area contributed by atoms with Gasteiger partial charge in [0.1, 0.15) is 5.69 Å². The van der Waals surface area contributed by atoms with Crippen LogP contribution in [0.5, 0.6) is 0 Å². The molecule has 1 aromatic carbocycles. The van der Waals surface area contributed by atoms with Crippen molar-refractivity contribution >= 4 is 11.6 Å². The van der Waals surface area contributed by atoms with Crippen LogP contribution < -0.4 is 11.1 Å². The number of hydrogen-bond acceptors (Lipinski definition) is 2. The second-order valence-electron chi connectivity index (χ2n) is 5.60. The van der Waals surface area contributed by atoms with Crippen LogP contribution in [0.25, 0.3) is 0 Å². The van der Waals surface area contributed by atoms with Gasteiger partial charge in [0.25, 0.3) is 5.91 Å². The van der Waals surface area contributed by atoms with Crippen LogP contribution in [0.4, 0.5) is 5.69 Å². The van der Waals surface area contributed by atoms with Crippen molar-refractivity contribution in [3.8, 4) is 0 Å². The molecule has 1 saturated carbocycles. The minimum Gasteiger partial charge on any atom is -0.397 e. The molecule has 0 unspecified atom stereocenters. The number of nitrogens with one attached hydrogen (secondary N) is 1. The summed E-state index contributed by atoms with van der Waals surface area (Å²) in [5.74, 6) is -0.0514. The van der Waals surface area contributed by atoms with Gasteiger partial charge in [0.05, 0.1) is 5.69 Å². The van der Waals surface area contributed by atoms with Crippen molar-refractivity contribution in [2.24, 2.45) is 0 Å². The molecule has 21 heavy (non-hydrogen) atoms. The molecule has 2 aromatic rings. The topological polar surface area (TPSA) is 60.1 Å². The van der Waals surface area contributed by atoms with Gasteiger partial charge in [-0.25, -0.2) is 0 Å². The summed E-state index contributed by atoms with van der Waals surface area (Å²) in [6.45, 7) is 2.68. The van der Waals surface area contributed by atoms with Gasteiger partial charge >= 0.3 is 0 Å². The van der Waals surface area contributed by atoms with E-state index in [0.717, 1.165) is 19.3 Å². The lowest BCUT2D eigenvalue weighted by Crippen LogP contribution is -2.25. The summed E-state index contributed by atoms with van der Waals surface area (Å²) in [7, 11) is 0. The molecule has 1 heterocycles. The molecule has 0 aliphatic heterocycles. The maximum absolute atomic E-state index is 12.4. The molecule has 3 N–H and O–H groups in total. The fraction of sp³-hybridized carbons (Fsp3) is 0.353. The lowest BCUT2D eigenvalue weighted by atomic mass is 10.1. The Balaban J connectivity index is 1.72. The molecule has 1 aromatic heterocycles. The lowest BCUT2D eigenvalue weighted by Gasteiger charge is -2.11. The van der Waals surface area contributed by atoms with E-state index >= 15 is 0 Å². The molecule has 0 saturated heterocycles. The number of anilines is 1. The van der Waals surface area contributed by atoms with Gasteiger partial charge in [-0.05, 0) is 36.5 Å². The van der Waals surface area contributed by atoms with Crippen LogP contribution in [0.3, 0.4) is 0 Å². The van der Waals surface area contributed by atoms with E-state index in [1.807, 2.05) is 22.9 Å².